The first-order valence-electron chi connectivity index (χ1n) is 5.91. The van der Waals surface area contributed by atoms with Gasteiger partial charge in [0.1, 0.15) is 0 Å². The lowest BCUT2D eigenvalue weighted by molar-refractivity contribution is -0.277. The fourth-order valence-corrected chi connectivity index (χ4v) is 2.45. The van der Waals surface area contributed by atoms with Crippen LogP contribution in [0.2, 0.25) is 0 Å². The summed E-state index contributed by atoms with van der Waals surface area (Å²) in [6.07, 6.45) is 0.724. The van der Waals surface area contributed by atoms with E-state index in [9.17, 15) is 18.3 Å². The second-order valence-corrected chi connectivity index (χ2v) is 4.67. The van der Waals surface area contributed by atoms with Crippen molar-refractivity contribution in [2.45, 2.75) is 56.7 Å². The zero-order chi connectivity index (χ0) is 12.2. The molecule has 0 aromatic carbocycles. The molecule has 0 saturated heterocycles. The Hall–Kier alpha value is -0.290. The van der Waals surface area contributed by atoms with Crippen molar-refractivity contribution in [2.24, 2.45) is 11.7 Å². The van der Waals surface area contributed by atoms with Gasteiger partial charge in [0, 0.05) is 6.54 Å². The molecule has 1 atom stereocenters. The minimum absolute atomic E-state index is 0.424. The topological polar surface area (TPSA) is 46.2 Å². The van der Waals surface area contributed by atoms with Crippen molar-refractivity contribution in [1.82, 2.24) is 0 Å². The Morgan fingerprint density at radius 1 is 1.00 bits per heavy atom. The molecule has 1 saturated carbocycles. The number of hydrogen-bond acceptors (Lipinski definition) is 2. The molecule has 96 valence electrons. The van der Waals surface area contributed by atoms with E-state index >= 15 is 0 Å². The zero-order valence-electron chi connectivity index (χ0n) is 9.39. The molecule has 0 aromatic rings. The van der Waals surface area contributed by atoms with Crippen molar-refractivity contribution in [1.29, 1.82) is 0 Å². The summed E-state index contributed by atoms with van der Waals surface area (Å²) in [6, 6.07) is 0. The van der Waals surface area contributed by atoms with E-state index in [1.807, 2.05) is 0 Å². The average Bonchev–Trinajstić information content (AvgIpc) is 2.14. The number of nitrogens with two attached hydrogens (primary N) is 1. The second-order valence-electron chi connectivity index (χ2n) is 4.67. The van der Waals surface area contributed by atoms with Crippen LogP contribution in [0.1, 0.15) is 44.9 Å². The zero-order valence-corrected chi connectivity index (χ0v) is 9.39. The third kappa shape index (κ3) is 2.88. The van der Waals surface area contributed by atoms with Crippen LogP contribution in [-0.4, -0.2) is 23.4 Å². The van der Waals surface area contributed by atoms with Crippen LogP contribution >= 0.6 is 0 Å². The van der Waals surface area contributed by atoms with E-state index in [0.717, 1.165) is 32.1 Å². The first-order chi connectivity index (χ1) is 7.42. The van der Waals surface area contributed by atoms with Gasteiger partial charge in [0.25, 0.3) is 0 Å². The molecule has 0 aliphatic heterocycles. The Morgan fingerprint density at radius 2 is 1.44 bits per heavy atom. The first-order valence-corrected chi connectivity index (χ1v) is 5.91. The largest absolute Gasteiger partial charge is 0.418 e. The second kappa shape index (κ2) is 5.36. The van der Waals surface area contributed by atoms with Gasteiger partial charge in [-0.15, -0.1) is 0 Å². The van der Waals surface area contributed by atoms with Gasteiger partial charge < -0.3 is 10.8 Å². The fraction of sp³-hybridized carbons (Fsp3) is 1.00. The molecular formula is C11H20F3NO. The number of alkyl halides is 3. The van der Waals surface area contributed by atoms with Gasteiger partial charge in [0.15, 0.2) is 5.60 Å². The molecule has 16 heavy (non-hydrogen) atoms. The standard InChI is InChI=1S/C11H20F3NO/c12-11(13,14)10(16,8-15)9-6-4-2-1-3-5-7-9/h9,16H,1-8,15H2. The van der Waals surface area contributed by atoms with E-state index < -0.39 is 24.2 Å². The molecule has 2 nitrogen and oxygen atoms in total. The van der Waals surface area contributed by atoms with Crippen LogP contribution in [-0.2, 0) is 0 Å². The monoisotopic (exact) mass is 239 g/mol. The predicted octanol–water partition coefficient (Wildman–Crippen LogP) is 2.60. The van der Waals surface area contributed by atoms with E-state index in [-0.39, 0.29) is 0 Å². The lowest BCUT2D eigenvalue weighted by Crippen LogP contribution is -2.56. The Balaban J connectivity index is 2.76. The summed E-state index contributed by atoms with van der Waals surface area (Å²) in [7, 11) is 0. The first kappa shape index (κ1) is 13.8. The van der Waals surface area contributed by atoms with E-state index in [0.29, 0.717) is 12.8 Å². The van der Waals surface area contributed by atoms with E-state index in [1.165, 1.54) is 0 Å². The Labute approximate surface area is 94.0 Å². The van der Waals surface area contributed by atoms with E-state index in [1.54, 1.807) is 0 Å². The van der Waals surface area contributed by atoms with Crippen molar-refractivity contribution in [3.05, 3.63) is 0 Å². The summed E-state index contributed by atoms with van der Waals surface area (Å²) in [5, 5.41) is 9.75. The van der Waals surface area contributed by atoms with Crippen LogP contribution in [0.25, 0.3) is 0 Å². The van der Waals surface area contributed by atoms with Gasteiger partial charge in [-0.3, -0.25) is 0 Å². The third-order valence-electron chi connectivity index (χ3n) is 3.58. The highest BCUT2D eigenvalue weighted by Crippen LogP contribution is 2.41. The van der Waals surface area contributed by atoms with Gasteiger partial charge in [-0.2, -0.15) is 13.2 Å². The smallest absolute Gasteiger partial charge is 0.379 e. The molecule has 1 rings (SSSR count). The quantitative estimate of drug-likeness (QED) is 0.778. The summed E-state index contributed by atoms with van der Waals surface area (Å²) in [5.41, 5.74) is 2.45. The average molecular weight is 239 g/mol. The van der Waals surface area contributed by atoms with Crippen molar-refractivity contribution in [3.8, 4) is 0 Å². The van der Waals surface area contributed by atoms with Crippen LogP contribution in [0, 0.1) is 5.92 Å². The Morgan fingerprint density at radius 3 is 1.81 bits per heavy atom. The van der Waals surface area contributed by atoms with Crippen LogP contribution in [0.3, 0.4) is 0 Å². The molecule has 0 heterocycles. The molecule has 1 fully saturated rings. The molecule has 3 N–H and O–H groups in total. The fourth-order valence-electron chi connectivity index (χ4n) is 2.45. The van der Waals surface area contributed by atoms with Crippen molar-refractivity contribution >= 4 is 0 Å². The lowest BCUT2D eigenvalue weighted by Gasteiger charge is -2.37. The highest BCUT2D eigenvalue weighted by atomic mass is 19.4. The van der Waals surface area contributed by atoms with Crippen LogP contribution < -0.4 is 5.73 Å². The molecule has 0 aromatic heterocycles. The minimum Gasteiger partial charge on any atom is -0.379 e. The van der Waals surface area contributed by atoms with Crippen molar-refractivity contribution in [2.75, 3.05) is 6.54 Å². The summed E-state index contributed by atoms with van der Waals surface area (Å²) in [6.45, 7) is -0.735. The maximum Gasteiger partial charge on any atom is 0.418 e. The summed E-state index contributed by atoms with van der Waals surface area (Å²) in [5.74, 6) is -0.738. The normalized spacial score (nSPS) is 24.6. The van der Waals surface area contributed by atoms with Gasteiger partial charge in [-0.1, -0.05) is 32.1 Å². The van der Waals surface area contributed by atoms with E-state index in [4.69, 9.17) is 5.73 Å². The molecule has 0 bridgehead atoms. The lowest BCUT2D eigenvalue weighted by atomic mass is 9.78. The Kier molecular flexibility index (Phi) is 4.62. The molecule has 0 spiro atoms. The van der Waals surface area contributed by atoms with Gasteiger partial charge in [0.2, 0.25) is 0 Å². The number of halogens is 3. The maximum atomic E-state index is 12.8. The van der Waals surface area contributed by atoms with Crippen LogP contribution in [0.5, 0.6) is 0 Å². The Bertz CT molecular complexity index is 212. The molecule has 5 heteroatoms. The number of hydrogen-bond donors (Lipinski definition) is 2. The summed E-state index contributed by atoms with van der Waals surface area (Å²) >= 11 is 0. The summed E-state index contributed by atoms with van der Waals surface area (Å²) < 4.78 is 38.4. The highest BCUT2D eigenvalue weighted by Gasteiger charge is 2.56. The minimum atomic E-state index is -4.62. The van der Waals surface area contributed by atoms with Crippen LogP contribution in [0.4, 0.5) is 13.2 Å². The summed E-state index contributed by atoms with van der Waals surface area (Å²) in [4.78, 5) is 0. The molecule has 1 aliphatic rings. The van der Waals surface area contributed by atoms with E-state index in [2.05, 4.69) is 0 Å². The predicted molar refractivity (Wildman–Crippen MR) is 55.9 cm³/mol. The third-order valence-corrected chi connectivity index (χ3v) is 3.58. The number of aliphatic hydroxyl groups is 1. The molecule has 0 radical (unpaired) electrons. The molecular weight excluding hydrogens is 219 g/mol. The van der Waals surface area contributed by atoms with Gasteiger partial charge >= 0.3 is 6.18 Å². The maximum absolute atomic E-state index is 12.8. The SMILES string of the molecule is NCC(O)(C1CCCCCCC1)C(F)(F)F. The van der Waals surface area contributed by atoms with Crippen molar-refractivity contribution < 1.29 is 18.3 Å². The molecule has 1 unspecified atom stereocenters. The number of rotatable bonds is 2. The highest BCUT2D eigenvalue weighted by molar-refractivity contribution is 4.94. The van der Waals surface area contributed by atoms with Gasteiger partial charge in [0.05, 0.1) is 0 Å². The molecule has 0 amide bonds. The van der Waals surface area contributed by atoms with Crippen LogP contribution in [0.15, 0.2) is 0 Å². The van der Waals surface area contributed by atoms with Gasteiger partial charge in [-0.05, 0) is 18.8 Å². The van der Waals surface area contributed by atoms with Gasteiger partial charge in [-0.25, -0.2) is 0 Å². The molecule has 1 aliphatic carbocycles. The van der Waals surface area contributed by atoms with Crippen molar-refractivity contribution in [3.63, 3.8) is 0 Å².